The van der Waals surface area contributed by atoms with Gasteiger partial charge in [0.25, 0.3) is 0 Å². The number of aryl methyl sites for hydroxylation is 1. The Morgan fingerprint density at radius 2 is 1.83 bits per heavy atom. The van der Waals surface area contributed by atoms with Crippen molar-refractivity contribution >= 4 is 33.2 Å². The standard InChI is InChI=1S/C17H13BrN4O/c1-11-7-14(5-6-15(11)18)22-16(23)10-21-17-12(8-19)3-2-4-13(17)9-20/h2-7,21H,10H2,1H3,(H,22,23). The zero-order valence-electron chi connectivity index (χ0n) is 12.4. The highest BCUT2D eigenvalue weighted by atomic mass is 79.9. The number of amides is 1. The fourth-order valence-electron chi connectivity index (χ4n) is 2.03. The number of nitriles is 2. The SMILES string of the molecule is Cc1cc(NC(=O)CNc2c(C#N)cccc2C#N)ccc1Br. The molecule has 0 aromatic heterocycles. The van der Waals surface area contributed by atoms with E-state index in [1.807, 2.05) is 31.2 Å². The Kier molecular flexibility index (Phi) is 5.35. The summed E-state index contributed by atoms with van der Waals surface area (Å²) in [6.07, 6.45) is 0. The summed E-state index contributed by atoms with van der Waals surface area (Å²) >= 11 is 3.40. The molecule has 0 aliphatic heterocycles. The molecule has 0 fully saturated rings. The zero-order valence-corrected chi connectivity index (χ0v) is 13.9. The Balaban J connectivity index is 2.07. The van der Waals surface area contributed by atoms with Crippen molar-refractivity contribution in [2.45, 2.75) is 6.92 Å². The van der Waals surface area contributed by atoms with Crippen LogP contribution in [0.15, 0.2) is 40.9 Å². The number of carbonyl (C=O) groups is 1. The minimum Gasteiger partial charge on any atom is -0.374 e. The maximum absolute atomic E-state index is 12.0. The maximum Gasteiger partial charge on any atom is 0.243 e. The van der Waals surface area contributed by atoms with Crippen LogP contribution >= 0.6 is 15.9 Å². The average molecular weight is 369 g/mol. The van der Waals surface area contributed by atoms with Crippen LogP contribution in [0.5, 0.6) is 0 Å². The summed E-state index contributed by atoms with van der Waals surface area (Å²) in [6, 6.07) is 14.3. The van der Waals surface area contributed by atoms with E-state index in [0.29, 0.717) is 22.5 Å². The Morgan fingerprint density at radius 1 is 1.17 bits per heavy atom. The molecule has 0 heterocycles. The zero-order chi connectivity index (χ0) is 16.8. The molecule has 6 heteroatoms. The summed E-state index contributed by atoms with van der Waals surface area (Å²) in [7, 11) is 0. The lowest BCUT2D eigenvalue weighted by molar-refractivity contribution is -0.114. The third-order valence-corrected chi connectivity index (χ3v) is 4.06. The van der Waals surface area contributed by atoms with Gasteiger partial charge in [0.05, 0.1) is 23.4 Å². The highest BCUT2D eigenvalue weighted by molar-refractivity contribution is 9.10. The van der Waals surface area contributed by atoms with Gasteiger partial charge >= 0.3 is 0 Å². The Labute approximate surface area is 142 Å². The van der Waals surface area contributed by atoms with Gasteiger partial charge in [-0.3, -0.25) is 4.79 Å². The lowest BCUT2D eigenvalue weighted by Gasteiger charge is -2.11. The Morgan fingerprint density at radius 3 is 2.39 bits per heavy atom. The van der Waals surface area contributed by atoms with Crippen molar-refractivity contribution in [3.05, 3.63) is 57.6 Å². The molecule has 0 atom stereocenters. The van der Waals surface area contributed by atoms with Crippen LogP contribution in [0.1, 0.15) is 16.7 Å². The fraction of sp³-hybridized carbons (Fsp3) is 0.118. The minimum absolute atomic E-state index is 0.0392. The lowest BCUT2D eigenvalue weighted by Crippen LogP contribution is -2.22. The van der Waals surface area contributed by atoms with E-state index in [1.54, 1.807) is 24.3 Å². The number of nitrogens with zero attached hydrogens (tertiary/aromatic N) is 2. The van der Waals surface area contributed by atoms with E-state index in [1.165, 1.54) is 0 Å². The van der Waals surface area contributed by atoms with Crippen LogP contribution in [-0.2, 0) is 4.79 Å². The molecule has 0 aliphatic carbocycles. The predicted molar refractivity (Wildman–Crippen MR) is 91.9 cm³/mol. The van der Waals surface area contributed by atoms with Crippen molar-refractivity contribution < 1.29 is 4.79 Å². The second kappa shape index (κ2) is 7.44. The van der Waals surface area contributed by atoms with Crippen molar-refractivity contribution in [2.75, 3.05) is 17.2 Å². The van der Waals surface area contributed by atoms with Gasteiger partial charge in [0.2, 0.25) is 5.91 Å². The fourth-order valence-corrected chi connectivity index (χ4v) is 2.27. The number of anilines is 2. The Hall–Kier alpha value is -2.83. The van der Waals surface area contributed by atoms with E-state index < -0.39 is 0 Å². The summed E-state index contributed by atoms with van der Waals surface area (Å²) in [4.78, 5) is 12.0. The van der Waals surface area contributed by atoms with Crippen LogP contribution in [0.4, 0.5) is 11.4 Å². The smallest absolute Gasteiger partial charge is 0.243 e. The van der Waals surface area contributed by atoms with Gasteiger partial charge in [-0.1, -0.05) is 22.0 Å². The van der Waals surface area contributed by atoms with Gasteiger partial charge in [0.15, 0.2) is 0 Å². The molecule has 0 aliphatic rings. The van der Waals surface area contributed by atoms with E-state index in [0.717, 1.165) is 10.0 Å². The number of para-hydroxylation sites is 1. The summed E-state index contributed by atoms with van der Waals surface area (Å²) < 4.78 is 0.968. The van der Waals surface area contributed by atoms with Crippen molar-refractivity contribution in [2.24, 2.45) is 0 Å². The van der Waals surface area contributed by atoms with Gasteiger partial charge in [-0.15, -0.1) is 0 Å². The molecule has 0 saturated carbocycles. The molecule has 0 radical (unpaired) electrons. The average Bonchev–Trinajstić information content (AvgIpc) is 2.55. The highest BCUT2D eigenvalue weighted by Crippen LogP contribution is 2.21. The van der Waals surface area contributed by atoms with Gasteiger partial charge in [0, 0.05) is 10.2 Å². The summed E-state index contributed by atoms with van der Waals surface area (Å²) in [5.74, 6) is -0.261. The van der Waals surface area contributed by atoms with E-state index >= 15 is 0 Å². The predicted octanol–water partition coefficient (Wildman–Crippen LogP) is 3.55. The van der Waals surface area contributed by atoms with Gasteiger partial charge in [-0.2, -0.15) is 10.5 Å². The molecular weight excluding hydrogens is 356 g/mol. The molecule has 114 valence electrons. The van der Waals surface area contributed by atoms with E-state index in [4.69, 9.17) is 10.5 Å². The van der Waals surface area contributed by atoms with Gasteiger partial charge in [-0.05, 0) is 42.8 Å². The summed E-state index contributed by atoms with van der Waals surface area (Å²) in [6.45, 7) is 1.89. The molecular formula is C17H13BrN4O. The van der Waals surface area contributed by atoms with Crippen molar-refractivity contribution in [1.82, 2.24) is 0 Å². The number of hydrogen-bond donors (Lipinski definition) is 2. The van der Waals surface area contributed by atoms with Crippen LogP contribution in [0.3, 0.4) is 0 Å². The van der Waals surface area contributed by atoms with Crippen LogP contribution < -0.4 is 10.6 Å². The number of halogens is 1. The number of hydrogen-bond acceptors (Lipinski definition) is 4. The first kappa shape index (κ1) is 16.5. The first-order valence-corrected chi connectivity index (χ1v) is 7.57. The van der Waals surface area contributed by atoms with E-state index in [-0.39, 0.29) is 12.5 Å². The molecule has 0 unspecified atom stereocenters. The largest absolute Gasteiger partial charge is 0.374 e. The molecule has 2 N–H and O–H groups in total. The quantitative estimate of drug-likeness (QED) is 0.863. The minimum atomic E-state index is -0.261. The van der Waals surface area contributed by atoms with Crippen LogP contribution in [0.25, 0.3) is 0 Å². The Bertz CT molecular complexity index is 801. The van der Waals surface area contributed by atoms with E-state index in [2.05, 4.69) is 26.6 Å². The van der Waals surface area contributed by atoms with Crippen molar-refractivity contribution in [3.8, 4) is 12.1 Å². The van der Waals surface area contributed by atoms with Crippen molar-refractivity contribution in [3.63, 3.8) is 0 Å². The third-order valence-electron chi connectivity index (χ3n) is 3.17. The van der Waals surface area contributed by atoms with Crippen molar-refractivity contribution in [1.29, 1.82) is 10.5 Å². The van der Waals surface area contributed by atoms with Crippen LogP contribution in [-0.4, -0.2) is 12.5 Å². The summed E-state index contributed by atoms with van der Waals surface area (Å²) in [5.41, 5.74) is 2.73. The topological polar surface area (TPSA) is 88.7 Å². The second-order valence-electron chi connectivity index (χ2n) is 4.82. The van der Waals surface area contributed by atoms with Crippen LogP contribution in [0.2, 0.25) is 0 Å². The first-order valence-electron chi connectivity index (χ1n) is 6.78. The molecule has 2 aromatic rings. The highest BCUT2D eigenvalue weighted by Gasteiger charge is 2.10. The number of nitrogens with one attached hydrogen (secondary N) is 2. The maximum atomic E-state index is 12.0. The molecule has 0 spiro atoms. The molecule has 0 bridgehead atoms. The third kappa shape index (κ3) is 4.09. The second-order valence-corrected chi connectivity index (χ2v) is 5.67. The normalized spacial score (nSPS) is 9.57. The van der Waals surface area contributed by atoms with Gasteiger partial charge in [-0.25, -0.2) is 0 Å². The molecule has 2 aromatic carbocycles. The first-order chi connectivity index (χ1) is 11.0. The molecule has 2 rings (SSSR count). The molecule has 1 amide bonds. The van der Waals surface area contributed by atoms with Gasteiger partial charge in [0.1, 0.15) is 12.1 Å². The lowest BCUT2D eigenvalue weighted by atomic mass is 10.1. The number of benzene rings is 2. The summed E-state index contributed by atoms with van der Waals surface area (Å²) in [5, 5.41) is 23.8. The molecule has 5 nitrogen and oxygen atoms in total. The number of rotatable bonds is 4. The monoisotopic (exact) mass is 368 g/mol. The number of carbonyl (C=O) groups excluding carboxylic acids is 1. The van der Waals surface area contributed by atoms with E-state index in [9.17, 15) is 4.79 Å². The molecule has 0 saturated heterocycles. The van der Waals surface area contributed by atoms with Crippen LogP contribution in [0, 0.1) is 29.6 Å². The molecule has 23 heavy (non-hydrogen) atoms. The van der Waals surface area contributed by atoms with Gasteiger partial charge < -0.3 is 10.6 Å².